The number of nitrogens with zero attached hydrogens (tertiary/aromatic N) is 1. The molecule has 1 aliphatic heterocycles. The van der Waals surface area contributed by atoms with Gasteiger partial charge in [-0.15, -0.1) is 4.91 Å². The van der Waals surface area contributed by atoms with Crippen LogP contribution in [-0.2, 0) is 4.84 Å². The van der Waals surface area contributed by atoms with Crippen molar-refractivity contribution in [3.05, 3.63) is 4.91 Å². The Morgan fingerprint density at radius 3 is 2.82 bits per heavy atom. The molecule has 1 saturated heterocycles. The average Bonchev–Trinajstić information content (AvgIpc) is 2.07. The summed E-state index contributed by atoms with van der Waals surface area (Å²) in [5.41, 5.74) is 0. The van der Waals surface area contributed by atoms with Gasteiger partial charge in [-0.1, -0.05) is 0 Å². The fourth-order valence-corrected chi connectivity index (χ4v) is 1.43. The highest BCUT2D eigenvalue weighted by molar-refractivity contribution is 4.67. The molecule has 0 bridgehead atoms. The minimum absolute atomic E-state index is 0.480. The predicted molar refractivity (Wildman–Crippen MR) is 42.0 cm³/mol. The summed E-state index contributed by atoms with van der Waals surface area (Å²) in [7, 11) is 0. The monoisotopic (exact) mass is 158 g/mol. The van der Waals surface area contributed by atoms with Gasteiger partial charge in [-0.25, -0.2) is 0 Å². The summed E-state index contributed by atoms with van der Waals surface area (Å²) < 4.78 is 0. The van der Waals surface area contributed by atoms with E-state index in [1.54, 1.807) is 0 Å². The summed E-state index contributed by atoms with van der Waals surface area (Å²) >= 11 is 0. The van der Waals surface area contributed by atoms with Crippen LogP contribution in [0.25, 0.3) is 0 Å². The normalized spacial score (nSPS) is 19.6. The van der Waals surface area contributed by atoms with E-state index < -0.39 is 0 Å². The van der Waals surface area contributed by atoms with Gasteiger partial charge in [0.1, 0.15) is 6.61 Å². The maximum atomic E-state index is 9.56. The molecule has 1 fully saturated rings. The first-order valence-electron chi connectivity index (χ1n) is 4.09. The van der Waals surface area contributed by atoms with Crippen LogP contribution < -0.4 is 5.32 Å². The van der Waals surface area contributed by atoms with Gasteiger partial charge in [0, 0.05) is 0 Å². The highest BCUT2D eigenvalue weighted by atomic mass is 16.7. The van der Waals surface area contributed by atoms with E-state index in [0.717, 1.165) is 25.4 Å². The van der Waals surface area contributed by atoms with Gasteiger partial charge in [-0.3, -0.25) is 0 Å². The summed E-state index contributed by atoms with van der Waals surface area (Å²) in [6.45, 7) is 2.67. The summed E-state index contributed by atoms with van der Waals surface area (Å²) in [5.74, 6) is 0.720. The Balaban J connectivity index is 2.00. The lowest BCUT2D eigenvalue weighted by Crippen LogP contribution is -2.28. The molecule has 1 aliphatic rings. The molecule has 0 amide bonds. The Hall–Kier alpha value is -0.640. The van der Waals surface area contributed by atoms with Gasteiger partial charge in [0.25, 0.3) is 0 Å². The molecule has 1 rings (SSSR count). The molecule has 0 aliphatic carbocycles. The Kier molecular flexibility index (Phi) is 3.90. The van der Waals surface area contributed by atoms with E-state index in [1.807, 2.05) is 0 Å². The van der Waals surface area contributed by atoms with Gasteiger partial charge in [0.15, 0.2) is 5.34 Å². The van der Waals surface area contributed by atoms with Gasteiger partial charge in [-0.05, 0) is 38.3 Å². The third-order valence-corrected chi connectivity index (χ3v) is 2.13. The Morgan fingerprint density at radius 2 is 2.18 bits per heavy atom. The lowest BCUT2D eigenvalue weighted by atomic mass is 9.95. The molecule has 0 atom stereocenters. The predicted octanol–water partition coefficient (Wildman–Crippen LogP) is 1.07. The number of hydrogen-bond donors (Lipinski definition) is 1. The fraction of sp³-hybridized carbons (Fsp3) is 1.00. The van der Waals surface area contributed by atoms with Crippen LogP contribution >= 0.6 is 0 Å². The average molecular weight is 158 g/mol. The fourth-order valence-electron chi connectivity index (χ4n) is 1.43. The topological polar surface area (TPSA) is 50.7 Å². The lowest BCUT2D eigenvalue weighted by molar-refractivity contribution is 0.119. The first-order chi connectivity index (χ1) is 5.43. The molecule has 64 valence electrons. The molecule has 0 radical (unpaired) electrons. The second-order valence-corrected chi connectivity index (χ2v) is 2.89. The maximum Gasteiger partial charge on any atom is 0.155 e. The van der Waals surface area contributed by atoms with Crippen molar-refractivity contribution in [3.63, 3.8) is 0 Å². The van der Waals surface area contributed by atoms with E-state index in [1.165, 1.54) is 12.8 Å². The molecule has 0 aromatic carbocycles. The molecule has 4 heteroatoms. The minimum Gasteiger partial charge on any atom is -0.364 e. The number of hydrogen-bond acceptors (Lipinski definition) is 4. The van der Waals surface area contributed by atoms with Crippen molar-refractivity contribution in [2.24, 2.45) is 11.3 Å². The summed E-state index contributed by atoms with van der Waals surface area (Å²) in [6, 6.07) is 0. The van der Waals surface area contributed by atoms with Crippen LogP contribution in [0, 0.1) is 10.8 Å². The van der Waals surface area contributed by atoms with Crippen molar-refractivity contribution in [1.82, 2.24) is 5.32 Å². The van der Waals surface area contributed by atoms with Crippen LogP contribution in [0.4, 0.5) is 0 Å². The van der Waals surface area contributed by atoms with Crippen molar-refractivity contribution in [3.8, 4) is 0 Å². The van der Waals surface area contributed by atoms with E-state index in [9.17, 15) is 4.91 Å². The molecule has 1 N–H and O–H groups in total. The molecule has 4 nitrogen and oxygen atoms in total. The van der Waals surface area contributed by atoms with Crippen molar-refractivity contribution < 1.29 is 4.84 Å². The zero-order valence-electron chi connectivity index (χ0n) is 6.58. The number of rotatable bonds is 4. The van der Waals surface area contributed by atoms with Crippen molar-refractivity contribution in [2.45, 2.75) is 19.3 Å². The van der Waals surface area contributed by atoms with Crippen LogP contribution in [0.15, 0.2) is 5.34 Å². The van der Waals surface area contributed by atoms with Crippen molar-refractivity contribution in [1.29, 1.82) is 0 Å². The largest absolute Gasteiger partial charge is 0.364 e. The first-order valence-corrected chi connectivity index (χ1v) is 4.09. The van der Waals surface area contributed by atoms with Gasteiger partial charge in [0.05, 0.1) is 0 Å². The summed E-state index contributed by atoms with van der Waals surface area (Å²) in [4.78, 5) is 13.9. The second kappa shape index (κ2) is 5.07. The highest BCUT2D eigenvalue weighted by Crippen LogP contribution is 2.15. The SMILES string of the molecule is O=NOCCC1CCNCC1. The molecule has 0 spiro atoms. The first kappa shape index (κ1) is 8.46. The number of nitrogens with one attached hydrogen (secondary N) is 1. The third-order valence-electron chi connectivity index (χ3n) is 2.13. The van der Waals surface area contributed by atoms with Gasteiger partial charge < -0.3 is 10.2 Å². The molecule has 1 heterocycles. The molecule has 0 unspecified atom stereocenters. The van der Waals surface area contributed by atoms with Crippen molar-refractivity contribution >= 4 is 0 Å². The molecule has 11 heavy (non-hydrogen) atoms. The van der Waals surface area contributed by atoms with Crippen LogP contribution in [0.3, 0.4) is 0 Å². The standard InChI is InChI=1S/C7H14N2O2/c10-9-11-6-3-7-1-4-8-5-2-7/h7-8H,1-6H2. The summed E-state index contributed by atoms with van der Waals surface area (Å²) in [5, 5.41) is 5.63. The molecular weight excluding hydrogens is 144 g/mol. The third kappa shape index (κ3) is 3.32. The molecule has 0 aromatic heterocycles. The van der Waals surface area contributed by atoms with Gasteiger partial charge >= 0.3 is 0 Å². The van der Waals surface area contributed by atoms with Crippen LogP contribution in [-0.4, -0.2) is 19.7 Å². The van der Waals surface area contributed by atoms with E-state index in [2.05, 4.69) is 15.5 Å². The maximum absolute atomic E-state index is 9.56. The Morgan fingerprint density at radius 1 is 1.45 bits per heavy atom. The number of piperidine rings is 1. The van der Waals surface area contributed by atoms with Crippen LogP contribution in [0.1, 0.15) is 19.3 Å². The van der Waals surface area contributed by atoms with E-state index in [0.29, 0.717) is 6.61 Å². The second-order valence-electron chi connectivity index (χ2n) is 2.89. The zero-order chi connectivity index (χ0) is 7.94. The van der Waals surface area contributed by atoms with Crippen LogP contribution in [0.5, 0.6) is 0 Å². The highest BCUT2D eigenvalue weighted by Gasteiger charge is 2.12. The van der Waals surface area contributed by atoms with E-state index in [-0.39, 0.29) is 0 Å². The Bertz CT molecular complexity index is 113. The zero-order valence-corrected chi connectivity index (χ0v) is 6.58. The molecule has 0 aromatic rings. The van der Waals surface area contributed by atoms with E-state index in [4.69, 9.17) is 0 Å². The summed E-state index contributed by atoms with van der Waals surface area (Å²) in [6.07, 6.45) is 3.36. The van der Waals surface area contributed by atoms with Crippen LogP contribution in [0.2, 0.25) is 0 Å². The Labute approximate surface area is 66.2 Å². The molecular formula is C7H14N2O2. The molecule has 0 saturated carbocycles. The van der Waals surface area contributed by atoms with Gasteiger partial charge in [0.2, 0.25) is 0 Å². The minimum atomic E-state index is 0.480. The quantitative estimate of drug-likeness (QED) is 0.378. The van der Waals surface area contributed by atoms with Gasteiger partial charge in [-0.2, -0.15) is 0 Å². The van der Waals surface area contributed by atoms with E-state index >= 15 is 0 Å². The van der Waals surface area contributed by atoms with Crippen molar-refractivity contribution in [2.75, 3.05) is 19.7 Å². The smallest absolute Gasteiger partial charge is 0.155 e. The lowest BCUT2D eigenvalue weighted by Gasteiger charge is -2.21.